The first-order valence-electron chi connectivity index (χ1n) is 5.10. The molecule has 1 aromatic heterocycles. The highest BCUT2D eigenvalue weighted by molar-refractivity contribution is 7.91. The summed E-state index contributed by atoms with van der Waals surface area (Å²) in [4.78, 5) is 2.19. The van der Waals surface area contributed by atoms with Gasteiger partial charge in [-0.2, -0.15) is 0 Å². The maximum atomic E-state index is 11.2. The number of hydrogen-bond donors (Lipinski definition) is 0. The molecule has 4 nitrogen and oxygen atoms in total. The van der Waals surface area contributed by atoms with Gasteiger partial charge in [0.15, 0.2) is 9.84 Å². The summed E-state index contributed by atoms with van der Waals surface area (Å²) in [5.74, 6) is 0.606. The first kappa shape index (κ1) is 10.7. The summed E-state index contributed by atoms with van der Waals surface area (Å²) in [5.41, 5.74) is 1.23. The van der Waals surface area contributed by atoms with Crippen LogP contribution in [-0.2, 0) is 23.4 Å². The second kappa shape index (κ2) is 3.98. The lowest BCUT2D eigenvalue weighted by Gasteiger charge is -2.26. The molecule has 0 spiro atoms. The summed E-state index contributed by atoms with van der Waals surface area (Å²) < 4.78 is 24.5. The highest BCUT2D eigenvalue weighted by Gasteiger charge is 2.21. The third kappa shape index (κ3) is 2.60. The van der Waals surface area contributed by atoms with Crippen molar-refractivity contribution in [3.05, 3.63) is 24.0 Å². The van der Waals surface area contributed by atoms with E-state index in [1.807, 2.05) is 19.3 Å². The van der Waals surface area contributed by atoms with E-state index in [9.17, 15) is 8.42 Å². The van der Waals surface area contributed by atoms with Gasteiger partial charge in [-0.25, -0.2) is 8.42 Å². The smallest absolute Gasteiger partial charge is 0.152 e. The highest BCUT2D eigenvalue weighted by atomic mass is 32.2. The third-order valence-corrected chi connectivity index (χ3v) is 4.48. The maximum Gasteiger partial charge on any atom is 0.152 e. The zero-order chi connectivity index (χ0) is 10.9. The largest absolute Gasteiger partial charge is 0.353 e. The molecular weight excluding hydrogens is 212 g/mol. The van der Waals surface area contributed by atoms with Gasteiger partial charge in [-0.15, -0.1) is 0 Å². The van der Waals surface area contributed by atoms with E-state index in [-0.39, 0.29) is 0 Å². The van der Waals surface area contributed by atoms with Crippen molar-refractivity contribution in [3.8, 4) is 0 Å². The van der Waals surface area contributed by atoms with E-state index in [0.29, 0.717) is 24.6 Å². The van der Waals surface area contributed by atoms with E-state index in [2.05, 4.69) is 15.5 Å². The average Bonchev–Trinajstić information content (AvgIpc) is 2.56. The number of hydrogen-bond acceptors (Lipinski definition) is 3. The van der Waals surface area contributed by atoms with Crippen LogP contribution in [0.3, 0.4) is 0 Å². The van der Waals surface area contributed by atoms with Crippen molar-refractivity contribution >= 4 is 9.84 Å². The van der Waals surface area contributed by atoms with Crippen molar-refractivity contribution < 1.29 is 8.42 Å². The van der Waals surface area contributed by atoms with Crippen LogP contribution in [0, 0.1) is 0 Å². The van der Waals surface area contributed by atoms with Crippen LogP contribution >= 0.6 is 0 Å². The minimum absolute atomic E-state index is 0.303. The summed E-state index contributed by atoms with van der Waals surface area (Å²) in [6.07, 6.45) is 2.01. The van der Waals surface area contributed by atoms with Gasteiger partial charge in [0, 0.05) is 38.6 Å². The van der Waals surface area contributed by atoms with Gasteiger partial charge >= 0.3 is 0 Å². The number of aromatic nitrogens is 1. The summed E-state index contributed by atoms with van der Waals surface area (Å²) in [6.45, 7) is 2.17. The van der Waals surface area contributed by atoms with E-state index in [4.69, 9.17) is 0 Å². The van der Waals surface area contributed by atoms with Gasteiger partial charge < -0.3 is 4.57 Å². The normalized spacial score (nSPS) is 21.7. The molecule has 0 aromatic carbocycles. The van der Waals surface area contributed by atoms with Crippen molar-refractivity contribution in [1.29, 1.82) is 0 Å². The molecule has 0 aliphatic carbocycles. The summed E-state index contributed by atoms with van der Waals surface area (Å²) >= 11 is 0. The van der Waals surface area contributed by atoms with Crippen LogP contribution in [0.25, 0.3) is 0 Å². The Bertz CT molecular complexity index is 422. The van der Waals surface area contributed by atoms with Gasteiger partial charge in [-0.3, -0.25) is 4.90 Å². The maximum absolute atomic E-state index is 11.2. The highest BCUT2D eigenvalue weighted by Crippen LogP contribution is 2.09. The molecule has 2 heterocycles. The second-order valence-corrected chi connectivity index (χ2v) is 6.34. The van der Waals surface area contributed by atoms with Gasteiger partial charge in [0.05, 0.1) is 11.5 Å². The Morgan fingerprint density at radius 2 is 2.00 bits per heavy atom. The molecule has 0 N–H and O–H groups in total. The van der Waals surface area contributed by atoms with Crippen LogP contribution in [0.2, 0.25) is 0 Å². The molecule has 0 saturated carbocycles. The first-order valence-corrected chi connectivity index (χ1v) is 6.92. The molecule has 0 radical (unpaired) electrons. The molecule has 1 aromatic rings. The van der Waals surface area contributed by atoms with Gasteiger partial charge in [0.25, 0.3) is 0 Å². The Kier molecular flexibility index (Phi) is 2.84. The third-order valence-electron chi connectivity index (χ3n) is 2.87. The average molecular weight is 228 g/mol. The standard InChI is InChI=1S/C10H16N2O2S/c1-11-4-2-3-10(11)9-12-5-7-15(13,14)8-6-12/h2-4H,5-9H2,1H3. The second-order valence-electron chi connectivity index (χ2n) is 4.04. The van der Waals surface area contributed by atoms with Gasteiger partial charge in [-0.05, 0) is 12.1 Å². The summed E-state index contributed by atoms with van der Waals surface area (Å²) in [5, 5.41) is 0. The lowest BCUT2D eigenvalue weighted by Crippen LogP contribution is -2.39. The van der Waals surface area contributed by atoms with Crippen molar-refractivity contribution in [2.45, 2.75) is 6.54 Å². The molecule has 1 aliphatic heterocycles. The quantitative estimate of drug-likeness (QED) is 0.729. The number of aryl methyl sites for hydroxylation is 1. The fourth-order valence-corrected chi connectivity index (χ4v) is 3.08. The zero-order valence-electron chi connectivity index (χ0n) is 8.89. The van der Waals surface area contributed by atoms with Crippen LogP contribution in [-0.4, -0.2) is 42.5 Å². The number of rotatable bonds is 2. The Labute approximate surface area is 90.4 Å². The lowest BCUT2D eigenvalue weighted by atomic mass is 10.3. The summed E-state index contributed by atoms with van der Waals surface area (Å²) in [7, 11) is -0.743. The van der Waals surface area contributed by atoms with Crippen molar-refractivity contribution in [2.75, 3.05) is 24.6 Å². The van der Waals surface area contributed by atoms with Crippen molar-refractivity contribution in [1.82, 2.24) is 9.47 Å². The van der Waals surface area contributed by atoms with Crippen molar-refractivity contribution in [3.63, 3.8) is 0 Å². The molecule has 1 fully saturated rings. The molecule has 0 bridgehead atoms. The summed E-state index contributed by atoms with van der Waals surface area (Å²) in [6, 6.07) is 4.08. The fourth-order valence-electron chi connectivity index (χ4n) is 1.80. The van der Waals surface area contributed by atoms with Crippen LogP contribution in [0.4, 0.5) is 0 Å². The Hall–Kier alpha value is -0.810. The molecule has 0 unspecified atom stereocenters. The molecule has 0 atom stereocenters. The van der Waals surface area contributed by atoms with Gasteiger partial charge in [-0.1, -0.05) is 0 Å². The predicted octanol–water partition coefficient (Wildman–Crippen LogP) is 0.256. The molecule has 1 saturated heterocycles. The molecule has 5 heteroatoms. The molecular formula is C10H16N2O2S. The van der Waals surface area contributed by atoms with E-state index in [0.717, 1.165) is 6.54 Å². The van der Waals surface area contributed by atoms with Gasteiger partial charge in [0.1, 0.15) is 0 Å². The minimum atomic E-state index is -2.75. The molecule has 84 valence electrons. The Morgan fingerprint density at radius 1 is 1.33 bits per heavy atom. The van der Waals surface area contributed by atoms with E-state index in [1.54, 1.807) is 0 Å². The molecule has 15 heavy (non-hydrogen) atoms. The van der Waals surface area contributed by atoms with E-state index in [1.165, 1.54) is 5.69 Å². The molecule has 2 rings (SSSR count). The first-order chi connectivity index (χ1) is 7.07. The zero-order valence-corrected chi connectivity index (χ0v) is 9.70. The SMILES string of the molecule is Cn1cccc1CN1CCS(=O)(=O)CC1. The lowest BCUT2D eigenvalue weighted by molar-refractivity contribution is 0.281. The van der Waals surface area contributed by atoms with Crippen LogP contribution in [0.1, 0.15) is 5.69 Å². The van der Waals surface area contributed by atoms with Crippen LogP contribution in [0.5, 0.6) is 0 Å². The van der Waals surface area contributed by atoms with Crippen molar-refractivity contribution in [2.24, 2.45) is 7.05 Å². The Balaban J connectivity index is 1.96. The topological polar surface area (TPSA) is 42.3 Å². The van der Waals surface area contributed by atoms with E-state index < -0.39 is 9.84 Å². The fraction of sp³-hybridized carbons (Fsp3) is 0.600. The predicted molar refractivity (Wildman–Crippen MR) is 59.3 cm³/mol. The number of sulfone groups is 1. The number of nitrogens with zero attached hydrogens (tertiary/aromatic N) is 2. The van der Waals surface area contributed by atoms with Gasteiger partial charge in [0.2, 0.25) is 0 Å². The van der Waals surface area contributed by atoms with Crippen LogP contribution < -0.4 is 0 Å². The van der Waals surface area contributed by atoms with E-state index >= 15 is 0 Å². The molecule has 1 aliphatic rings. The Morgan fingerprint density at radius 3 is 2.53 bits per heavy atom. The molecule has 0 amide bonds. The minimum Gasteiger partial charge on any atom is -0.353 e. The van der Waals surface area contributed by atoms with Crippen LogP contribution in [0.15, 0.2) is 18.3 Å². The monoisotopic (exact) mass is 228 g/mol.